The minimum Gasteiger partial charge on any atom is -0.309 e. The molecule has 4 heterocycles. The van der Waals surface area contributed by atoms with Crippen LogP contribution in [0.25, 0.3) is 94.8 Å². The molecule has 274 valence electrons. The third kappa shape index (κ3) is 5.56. The molecule has 0 atom stereocenters. The van der Waals surface area contributed by atoms with Crippen molar-refractivity contribution in [1.29, 1.82) is 0 Å². The van der Waals surface area contributed by atoms with E-state index in [0.29, 0.717) is 0 Å². The van der Waals surface area contributed by atoms with Gasteiger partial charge in [0.25, 0.3) is 0 Å². The van der Waals surface area contributed by atoms with E-state index in [1.807, 2.05) is 36.4 Å². The van der Waals surface area contributed by atoms with Gasteiger partial charge in [-0.2, -0.15) is 0 Å². The van der Waals surface area contributed by atoms with Crippen molar-refractivity contribution in [1.82, 2.24) is 19.5 Å². The maximum atomic E-state index is 4.96. The molecule has 4 heteroatoms. The zero-order valence-corrected chi connectivity index (χ0v) is 32.3. The molecular formula is C54H38N4. The van der Waals surface area contributed by atoms with Gasteiger partial charge in [0.2, 0.25) is 0 Å². The third-order valence-corrected chi connectivity index (χ3v) is 11.9. The highest BCUT2D eigenvalue weighted by molar-refractivity contribution is 6.09. The van der Waals surface area contributed by atoms with E-state index in [4.69, 9.17) is 4.98 Å². The van der Waals surface area contributed by atoms with E-state index >= 15 is 0 Å². The zero-order valence-electron chi connectivity index (χ0n) is 32.3. The molecule has 0 radical (unpaired) electrons. The highest BCUT2D eigenvalue weighted by atomic mass is 15.0. The Morgan fingerprint density at radius 1 is 0.379 bits per heavy atom. The fourth-order valence-corrected chi connectivity index (χ4v) is 8.94. The van der Waals surface area contributed by atoms with Gasteiger partial charge in [-0.25, -0.2) is 4.98 Å². The van der Waals surface area contributed by atoms with Crippen LogP contribution < -0.4 is 0 Å². The van der Waals surface area contributed by atoms with Gasteiger partial charge < -0.3 is 4.57 Å². The lowest BCUT2D eigenvalue weighted by Gasteiger charge is -2.22. The molecular weight excluding hydrogens is 705 g/mol. The Balaban J connectivity index is 0.895. The van der Waals surface area contributed by atoms with Crippen LogP contribution in [0.1, 0.15) is 25.0 Å². The van der Waals surface area contributed by atoms with Crippen molar-refractivity contribution in [3.63, 3.8) is 0 Å². The van der Waals surface area contributed by atoms with Crippen LogP contribution in [0.2, 0.25) is 0 Å². The van der Waals surface area contributed by atoms with Crippen molar-refractivity contribution >= 4 is 21.8 Å². The molecule has 1 aliphatic carbocycles. The number of aromatic nitrogens is 4. The first-order valence-electron chi connectivity index (χ1n) is 19.8. The maximum Gasteiger partial charge on any atom is 0.0900 e. The number of fused-ring (bicyclic) bond motifs is 6. The van der Waals surface area contributed by atoms with E-state index in [1.54, 1.807) is 12.4 Å². The molecule has 6 aromatic carbocycles. The Kier molecular flexibility index (Phi) is 7.80. The van der Waals surface area contributed by atoms with Crippen molar-refractivity contribution in [3.05, 3.63) is 206 Å². The molecule has 4 aromatic heterocycles. The third-order valence-electron chi connectivity index (χ3n) is 11.9. The van der Waals surface area contributed by atoms with E-state index in [0.717, 1.165) is 33.9 Å². The first kappa shape index (κ1) is 33.9. The average Bonchev–Trinajstić information content (AvgIpc) is 3.74. The number of nitrogens with zero attached hydrogens (tertiary/aromatic N) is 4. The number of pyridine rings is 3. The summed E-state index contributed by atoms with van der Waals surface area (Å²) in [5.74, 6) is 0. The molecule has 4 nitrogen and oxygen atoms in total. The summed E-state index contributed by atoms with van der Waals surface area (Å²) < 4.78 is 2.38. The molecule has 0 bridgehead atoms. The molecule has 0 saturated heterocycles. The number of hydrogen-bond donors (Lipinski definition) is 0. The monoisotopic (exact) mass is 742 g/mol. The van der Waals surface area contributed by atoms with Crippen LogP contribution in [0.5, 0.6) is 0 Å². The molecule has 58 heavy (non-hydrogen) atoms. The fourth-order valence-electron chi connectivity index (χ4n) is 8.94. The van der Waals surface area contributed by atoms with Crippen LogP contribution in [-0.2, 0) is 5.41 Å². The van der Waals surface area contributed by atoms with E-state index < -0.39 is 0 Å². The van der Waals surface area contributed by atoms with Gasteiger partial charge in [0, 0.05) is 34.3 Å². The van der Waals surface area contributed by atoms with Crippen LogP contribution >= 0.6 is 0 Å². The quantitative estimate of drug-likeness (QED) is 0.170. The largest absolute Gasteiger partial charge is 0.309 e. The maximum absolute atomic E-state index is 4.96. The highest BCUT2D eigenvalue weighted by Crippen LogP contribution is 2.51. The van der Waals surface area contributed by atoms with Gasteiger partial charge in [-0.3, -0.25) is 9.97 Å². The second-order valence-corrected chi connectivity index (χ2v) is 15.7. The summed E-state index contributed by atoms with van der Waals surface area (Å²) in [6.07, 6.45) is 3.61. The van der Waals surface area contributed by atoms with Crippen molar-refractivity contribution < 1.29 is 0 Å². The summed E-state index contributed by atoms with van der Waals surface area (Å²) in [7, 11) is 0. The summed E-state index contributed by atoms with van der Waals surface area (Å²) in [5, 5.41) is 2.55. The molecule has 1 aliphatic rings. The van der Waals surface area contributed by atoms with Crippen LogP contribution in [0.15, 0.2) is 194 Å². The van der Waals surface area contributed by atoms with E-state index in [1.165, 1.54) is 72.0 Å². The summed E-state index contributed by atoms with van der Waals surface area (Å²) in [6.45, 7) is 4.73. The first-order chi connectivity index (χ1) is 28.5. The van der Waals surface area contributed by atoms with Gasteiger partial charge in [-0.1, -0.05) is 123 Å². The molecule has 0 unspecified atom stereocenters. The predicted molar refractivity (Wildman–Crippen MR) is 239 cm³/mol. The Labute approximate surface area is 337 Å². The van der Waals surface area contributed by atoms with Gasteiger partial charge in [-0.05, 0) is 128 Å². The number of benzene rings is 6. The van der Waals surface area contributed by atoms with Crippen LogP contribution in [0, 0.1) is 0 Å². The van der Waals surface area contributed by atoms with Gasteiger partial charge in [-0.15, -0.1) is 0 Å². The lowest BCUT2D eigenvalue weighted by molar-refractivity contribution is 0.661. The molecule has 10 aromatic rings. The second-order valence-electron chi connectivity index (χ2n) is 15.7. The van der Waals surface area contributed by atoms with E-state index in [-0.39, 0.29) is 5.41 Å². The second kappa shape index (κ2) is 13.4. The molecule has 0 N–H and O–H groups in total. The summed E-state index contributed by atoms with van der Waals surface area (Å²) in [4.78, 5) is 14.1. The normalized spacial score (nSPS) is 12.8. The van der Waals surface area contributed by atoms with Crippen molar-refractivity contribution in [3.8, 4) is 73.0 Å². The smallest absolute Gasteiger partial charge is 0.0900 e. The Hall–Kier alpha value is -7.43. The molecule has 11 rings (SSSR count). The van der Waals surface area contributed by atoms with E-state index in [2.05, 4.69) is 174 Å². The molecule has 0 saturated carbocycles. The van der Waals surface area contributed by atoms with Crippen molar-refractivity contribution in [2.75, 3.05) is 0 Å². The summed E-state index contributed by atoms with van der Waals surface area (Å²) in [6, 6.07) is 65.3. The minimum absolute atomic E-state index is 0.152. The molecule has 0 amide bonds. The standard InChI is InChI=1S/C54H38N4/c1-54(2)46-31-38(35-17-19-37(20-18-35)40-33-50(48-13-7-9-29-55-48)57-51(34-40)49-14-8-10-30-56-49)23-27-42(46)43-28-24-39(32-47(43)54)36-21-25-41(26-22-36)58-52-15-5-3-11-44(52)45-12-4-6-16-53(45)58/h3-34H,1-2H3. The van der Waals surface area contributed by atoms with Gasteiger partial charge >= 0.3 is 0 Å². The Morgan fingerprint density at radius 3 is 1.29 bits per heavy atom. The summed E-state index contributed by atoms with van der Waals surface area (Å²) >= 11 is 0. The molecule has 0 spiro atoms. The van der Waals surface area contributed by atoms with E-state index in [9.17, 15) is 0 Å². The first-order valence-corrected chi connectivity index (χ1v) is 19.8. The number of hydrogen-bond acceptors (Lipinski definition) is 3. The fraction of sp³-hybridized carbons (Fsp3) is 0.0556. The van der Waals surface area contributed by atoms with Gasteiger partial charge in [0.1, 0.15) is 0 Å². The summed E-state index contributed by atoms with van der Waals surface area (Å²) in [5.41, 5.74) is 19.2. The average molecular weight is 743 g/mol. The molecule has 0 aliphatic heterocycles. The Bertz CT molecular complexity index is 3050. The number of para-hydroxylation sites is 2. The molecule has 0 fully saturated rings. The lowest BCUT2D eigenvalue weighted by Crippen LogP contribution is -2.15. The van der Waals surface area contributed by atoms with Crippen molar-refractivity contribution in [2.24, 2.45) is 0 Å². The minimum atomic E-state index is -0.152. The SMILES string of the molecule is CC1(C)c2cc(-c3ccc(-c4cc(-c5ccccn5)nc(-c5ccccn5)c4)cc3)ccc2-c2ccc(-c3ccc(-n4c5ccccc5c5ccccc54)cc3)cc21. The topological polar surface area (TPSA) is 43.6 Å². The lowest BCUT2D eigenvalue weighted by atomic mass is 9.81. The highest BCUT2D eigenvalue weighted by Gasteiger charge is 2.36. The van der Waals surface area contributed by atoms with Crippen LogP contribution in [0.3, 0.4) is 0 Å². The van der Waals surface area contributed by atoms with Crippen LogP contribution in [-0.4, -0.2) is 19.5 Å². The number of rotatable bonds is 6. The van der Waals surface area contributed by atoms with Crippen LogP contribution in [0.4, 0.5) is 0 Å². The zero-order chi connectivity index (χ0) is 38.8. The predicted octanol–water partition coefficient (Wildman–Crippen LogP) is 13.6. The Morgan fingerprint density at radius 2 is 0.810 bits per heavy atom. The van der Waals surface area contributed by atoms with Gasteiger partial charge in [0.05, 0.1) is 33.8 Å². The van der Waals surface area contributed by atoms with Crippen molar-refractivity contribution in [2.45, 2.75) is 19.3 Å². The van der Waals surface area contributed by atoms with Gasteiger partial charge in [0.15, 0.2) is 0 Å².